The maximum atomic E-state index is 14.3. The molecule has 0 aromatic heterocycles. The number of carbonyl (C=O) groups excluding carboxylic acids is 3. The van der Waals surface area contributed by atoms with E-state index in [4.69, 9.17) is 36.5 Å². The van der Waals surface area contributed by atoms with Crippen molar-refractivity contribution in [3.05, 3.63) is 70.7 Å². The molecule has 256 valence electrons. The fraction of sp³-hybridized carbons (Fsp3) is 0.514. The monoisotopic (exact) mass is 780 g/mol. The van der Waals surface area contributed by atoms with Crippen molar-refractivity contribution >= 4 is 55.6 Å². The molecular weight excluding hydrogens is 735 g/mol. The van der Waals surface area contributed by atoms with Gasteiger partial charge < -0.3 is 5.73 Å². The van der Waals surface area contributed by atoms with Crippen LogP contribution in [-0.2, 0) is 41.6 Å². The second-order valence-corrected chi connectivity index (χ2v) is 21.7. The Balaban J connectivity index is 1.36. The van der Waals surface area contributed by atoms with Crippen LogP contribution in [0.4, 0.5) is 0 Å². The summed E-state index contributed by atoms with van der Waals surface area (Å²) in [4.78, 5) is 47.9. The molecule has 10 nitrogen and oxygen atoms in total. The number of rotatable bonds is 13. The van der Waals surface area contributed by atoms with Gasteiger partial charge in [-0.05, 0) is 12.5 Å². The number of ether oxygens (including phenoxy) is 3. The summed E-state index contributed by atoms with van der Waals surface area (Å²) in [7, 11) is 0. The van der Waals surface area contributed by atoms with Crippen LogP contribution in [0, 0.1) is 5.92 Å². The molecule has 5 rings (SSSR count). The predicted molar refractivity (Wildman–Crippen MR) is 194 cm³/mol. The average molecular weight is 781 g/mol. The molecule has 3 aliphatic rings. The van der Waals surface area contributed by atoms with Crippen LogP contribution in [0.2, 0.25) is 5.02 Å². The number of alkyl halides is 2. The molecule has 47 heavy (non-hydrogen) atoms. The molecule has 3 N–H and O–H groups in total. The number of hydrogen-bond acceptors (Lipinski definition) is 8. The number of nitrogens with zero attached hydrogens (tertiary/aromatic N) is 2. The molecular formula is C35H46ClIN4O6. The van der Waals surface area contributed by atoms with Gasteiger partial charge in [0, 0.05) is 0 Å². The van der Waals surface area contributed by atoms with Crippen LogP contribution in [0.25, 0.3) is 0 Å². The maximum absolute atomic E-state index is 14.3. The van der Waals surface area contributed by atoms with Gasteiger partial charge >= 0.3 is 238 Å². The Hall–Kier alpha value is -2.71. The second kappa shape index (κ2) is 16.1. The molecule has 2 amide bonds. The van der Waals surface area contributed by atoms with Gasteiger partial charge in [0.15, 0.2) is 0 Å². The van der Waals surface area contributed by atoms with Crippen molar-refractivity contribution in [2.45, 2.75) is 70.0 Å². The van der Waals surface area contributed by atoms with Gasteiger partial charge in [-0.2, -0.15) is 0 Å². The molecule has 0 radical (unpaired) electrons. The number of hydrogen-bond donors (Lipinski definition) is 2. The van der Waals surface area contributed by atoms with E-state index in [1.807, 2.05) is 54.6 Å². The van der Waals surface area contributed by atoms with E-state index in [0.717, 1.165) is 26.4 Å². The molecule has 3 heterocycles. The van der Waals surface area contributed by atoms with Gasteiger partial charge in [0.25, 0.3) is 0 Å². The number of benzene rings is 2. The normalized spacial score (nSPS) is 23.9. The minimum atomic E-state index is -3.02. The third kappa shape index (κ3) is 8.86. The Morgan fingerprint density at radius 3 is 2.55 bits per heavy atom. The predicted octanol–water partition coefficient (Wildman–Crippen LogP) is 3.76. The quantitative estimate of drug-likeness (QED) is 0.180. The number of amides is 2. The van der Waals surface area contributed by atoms with Gasteiger partial charge in [-0.15, -0.1) is 0 Å². The fourth-order valence-corrected chi connectivity index (χ4v) is 12.7. The van der Waals surface area contributed by atoms with Crippen molar-refractivity contribution in [1.29, 1.82) is 0 Å². The molecule has 6 atom stereocenters. The van der Waals surface area contributed by atoms with Gasteiger partial charge in [0.2, 0.25) is 0 Å². The van der Waals surface area contributed by atoms with Crippen molar-refractivity contribution in [2.24, 2.45) is 16.6 Å². The third-order valence-corrected chi connectivity index (χ3v) is 17.3. The summed E-state index contributed by atoms with van der Waals surface area (Å²) in [6, 6.07) is 14.7. The number of halogens is 2. The van der Waals surface area contributed by atoms with E-state index in [-0.39, 0.29) is 22.9 Å². The molecule has 0 bridgehead atoms. The standard InChI is InChI=1S/C35H46ClIN4O6/c1-23(38)33(43)40-31(24(2)46-21-25-9-5-4-6-10-25)35(44)41-16-8-13-30(41)34-39-29(22-47-34)28(20-26-11-7-12-27(36)19-26)32(42)37(3)14-17-45-18-15-37/h4-7,9-12,19,23-24,28-31H,3,8,13-18,20-22,38H2,1-2H3,(H,40,43)/t23-,24+,28+,29?,30?,31-/m0/s1. The number of nitrogens with one attached hydrogen (secondary N) is 1. The zero-order chi connectivity index (χ0) is 33.6. The Labute approximate surface area is 285 Å². The molecule has 0 spiro atoms. The fourth-order valence-electron chi connectivity index (χ4n) is 6.20. The first-order valence-electron chi connectivity index (χ1n) is 16.2. The van der Waals surface area contributed by atoms with Crippen LogP contribution in [0.1, 0.15) is 37.8 Å². The van der Waals surface area contributed by atoms with E-state index >= 15 is 0 Å². The zero-order valence-electron chi connectivity index (χ0n) is 27.1. The molecule has 2 saturated heterocycles. The van der Waals surface area contributed by atoms with Gasteiger partial charge in [-0.1, -0.05) is 30.3 Å². The molecule has 2 unspecified atom stereocenters. The van der Waals surface area contributed by atoms with E-state index in [1.165, 1.54) is 0 Å². The van der Waals surface area contributed by atoms with Gasteiger partial charge in [0.1, 0.15) is 0 Å². The molecule has 0 saturated carbocycles. The first-order valence-corrected chi connectivity index (χ1v) is 22.2. The van der Waals surface area contributed by atoms with Crippen LogP contribution in [0.5, 0.6) is 0 Å². The van der Waals surface area contributed by atoms with E-state index in [2.05, 4.69) is 9.83 Å². The Morgan fingerprint density at radius 2 is 1.85 bits per heavy atom. The Bertz CT molecular complexity index is 1490. The second-order valence-electron chi connectivity index (χ2n) is 12.5. The average Bonchev–Trinajstić information content (AvgIpc) is 3.75. The number of nitrogens with two attached hydrogens (primary N) is 1. The third-order valence-electron chi connectivity index (χ3n) is 8.98. The summed E-state index contributed by atoms with van der Waals surface area (Å²) in [5.74, 6) is -0.673. The summed E-state index contributed by atoms with van der Waals surface area (Å²) in [6.45, 7) is 5.51. The van der Waals surface area contributed by atoms with Crippen LogP contribution in [-0.4, -0.2) is 96.4 Å². The molecule has 2 fully saturated rings. The van der Waals surface area contributed by atoms with Crippen LogP contribution in [0.15, 0.2) is 59.6 Å². The minimum absolute atomic E-state index is 0.223. The first kappa shape index (κ1) is 35.6. The molecule has 3 aliphatic heterocycles. The van der Waals surface area contributed by atoms with E-state index in [0.29, 0.717) is 43.5 Å². The first-order chi connectivity index (χ1) is 22.6. The number of likely N-dealkylation sites (tertiary alicyclic amines) is 1. The van der Waals surface area contributed by atoms with Gasteiger partial charge in [-0.3, -0.25) is 0 Å². The number of aliphatic imine (C=N–C) groups is 1. The number of carbonyl (C=O) groups is 3. The van der Waals surface area contributed by atoms with Gasteiger partial charge in [0.05, 0.1) is 0 Å². The molecule has 2 aromatic carbocycles. The summed E-state index contributed by atoms with van der Waals surface area (Å²) < 4.78 is 24.1. The summed E-state index contributed by atoms with van der Waals surface area (Å²) >= 11 is 3.29. The zero-order valence-corrected chi connectivity index (χ0v) is 30.0. The van der Waals surface area contributed by atoms with Crippen LogP contribution >= 0.6 is 29.6 Å². The van der Waals surface area contributed by atoms with Crippen molar-refractivity contribution in [1.82, 2.24) is 10.2 Å². The summed E-state index contributed by atoms with van der Waals surface area (Å²) in [5, 5.41) is 3.44. The summed E-state index contributed by atoms with van der Waals surface area (Å²) in [5.41, 5.74) is 7.79. The molecule has 12 heteroatoms. The van der Waals surface area contributed by atoms with E-state index in [1.54, 1.807) is 18.7 Å². The van der Waals surface area contributed by atoms with Crippen molar-refractivity contribution in [3.63, 3.8) is 0 Å². The van der Waals surface area contributed by atoms with Crippen molar-refractivity contribution in [3.8, 4) is 0 Å². The van der Waals surface area contributed by atoms with Crippen molar-refractivity contribution < 1.29 is 28.6 Å². The van der Waals surface area contributed by atoms with Crippen LogP contribution in [0.3, 0.4) is 0 Å². The van der Waals surface area contributed by atoms with Gasteiger partial charge in [-0.25, -0.2) is 0 Å². The molecule has 0 aliphatic carbocycles. The van der Waals surface area contributed by atoms with E-state index in [9.17, 15) is 14.4 Å². The Morgan fingerprint density at radius 1 is 1.13 bits per heavy atom. The molecule has 2 aromatic rings. The SMILES string of the molecule is C=I1(C(=O)[C@H](Cc2cccc(Cl)c2)C2COC(C3CCCN3C(=O)[C@@H](NC(=O)[C@H](C)N)[C@@H](C)OCc3ccccc3)=N2)CCOCC1. The van der Waals surface area contributed by atoms with Crippen molar-refractivity contribution in [2.75, 3.05) is 35.2 Å². The topological polar surface area (TPSA) is 133 Å². The van der Waals surface area contributed by atoms with E-state index < -0.39 is 60.1 Å². The summed E-state index contributed by atoms with van der Waals surface area (Å²) in [6.07, 6.45) is 1.26. The Kier molecular flexibility index (Phi) is 12.2. The van der Waals surface area contributed by atoms with Crippen LogP contribution < -0.4 is 11.1 Å².